The topological polar surface area (TPSA) is 135 Å². The molecule has 0 radical (unpaired) electrons. The molecule has 0 spiro atoms. The van der Waals surface area contributed by atoms with Crippen molar-refractivity contribution in [3.8, 4) is 0 Å². The van der Waals surface area contributed by atoms with Crippen LogP contribution in [0.15, 0.2) is 0 Å². The van der Waals surface area contributed by atoms with Gasteiger partial charge in [0.2, 0.25) is 0 Å². The number of hydrogen-bond donors (Lipinski definition) is 4. The monoisotopic (exact) mass is 269 g/mol. The third kappa shape index (κ3) is 11.2. The molecule has 0 amide bonds. The molecular formula is C5H12KNO7S. The minimum atomic E-state index is -4.67. The Morgan fingerprint density at radius 2 is 1.80 bits per heavy atom. The molecule has 0 aromatic heterocycles. The normalized spacial score (nSPS) is 21.1. The second-order valence-electron chi connectivity index (χ2n) is 2.61. The van der Waals surface area contributed by atoms with Gasteiger partial charge >= 0.3 is 67.8 Å². The molecule has 8 nitrogen and oxygen atoms in total. The zero-order valence-electron chi connectivity index (χ0n) is 9.07. The molecule has 1 fully saturated rings. The van der Waals surface area contributed by atoms with E-state index >= 15 is 0 Å². The average Bonchev–Trinajstić information content (AvgIpc) is 2.30. The number of carboxylic acid groups (broad SMARTS) is 1. The number of aliphatic carboxylic acids is 1. The van der Waals surface area contributed by atoms with Crippen molar-refractivity contribution in [2.45, 2.75) is 18.9 Å². The quantitative estimate of drug-likeness (QED) is 0.283. The van der Waals surface area contributed by atoms with E-state index in [0.29, 0.717) is 13.0 Å². The summed E-state index contributed by atoms with van der Waals surface area (Å²) in [7, 11) is -4.67. The molecule has 15 heavy (non-hydrogen) atoms. The fourth-order valence-electron chi connectivity index (χ4n) is 1.00. The summed E-state index contributed by atoms with van der Waals surface area (Å²) in [6, 6.07) is -0.662. The van der Waals surface area contributed by atoms with Gasteiger partial charge in [0.15, 0.2) is 0 Å². The summed E-state index contributed by atoms with van der Waals surface area (Å²) >= 11 is 0. The van der Waals surface area contributed by atoms with Crippen LogP contribution in [-0.2, 0) is 15.2 Å². The van der Waals surface area contributed by atoms with Crippen molar-refractivity contribution in [1.82, 2.24) is 5.06 Å². The fourth-order valence-corrected chi connectivity index (χ4v) is 1.00. The van der Waals surface area contributed by atoms with Crippen LogP contribution in [0.5, 0.6) is 0 Å². The first-order chi connectivity index (χ1) is 6.22. The van der Waals surface area contributed by atoms with Crippen molar-refractivity contribution in [3.63, 3.8) is 0 Å². The maximum absolute atomic E-state index is 10.2. The van der Waals surface area contributed by atoms with Crippen molar-refractivity contribution in [2.75, 3.05) is 6.54 Å². The molecule has 1 aliphatic rings. The summed E-state index contributed by atoms with van der Waals surface area (Å²) in [5.41, 5.74) is 0. The Balaban J connectivity index is -0.000000214. The van der Waals surface area contributed by atoms with Gasteiger partial charge in [-0.15, -0.1) is 0 Å². The first kappa shape index (κ1) is 18.3. The molecule has 10 heteroatoms. The molecule has 4 N–H and O–H groups in total. The number of hydrogen-bond acceptors (Lipinski definition) is 5. The van der Waals surface area contributed by atoms with Crippen LogP contribution in [0.2, 0.25) is 0 Å². The first-order valence-corrected chi connectivity index (χ1v) is 4.99. The molecule has 0 aromatic carbocycles. The summed E-state index contributed by atoms with van der Waals surface area (Å²) in [6.45, 7) is 0.483. The minimum absolute atomic E-state index is 0. The molecule has 1 heterocycles. The van der Waals surface area contributed by atoms with E-state index < -0.39 is 22.4 Å². The molecule has 0 aliphatic carbocycles. The molecule has 1 saturated heterocycles. The number of hydroxylamine groups is 2. The van der Waals surface area contributed by atoms with E-state index in [9.17, 15) is 4.79 Å². The summed E-state index contributed by atoms with van der Waals surface area (Å²) in [6.07, 6.45) is 1.33. The number of nitrogens with zero attached hydrogens (tertiary/aromatic N) is 1. The summed E-state index contributed by atoms with van der Waals surface area (Å²) in [5.74, 6) is -0.935. The third-order valence-electron chi connectivity index (χ3n) is 1.51. The zero-order chi connectivity index (χ0) is 11.4. The minimum Gasteiger partial charge on any atom is -1.00 e. The van der Waals surface area contributed by atoms with Gasteiger partial charge in [0, 0.05) is 6.54 Å². The molecule has 1 rings (SSSR count). The predicted molar refractivity (Wildman–Crippen MR) is 44.4 cm³/mol. The largest absolute Gasteiger partial charge is 1.00 e. The molecule has 1 aliphatic heterocycles. The van der Waals surface area contributed by atoms with Crippen LogP contribution in [0.25, 0.3) is 0 Å². The Bertz CT molecular complexity index is 289. The molecule has 0 bridgehead atoms. The van der Waals surface area contributed by atoms with E-state index in [4.69, 9.17) is 27.8 Å². The molecule has 1 unspecified atom stereocenters. The van der Waals surface area contributed by atoms with E-state index in [2.05, 4.69) is 0 Å². The average molecular weight is 269 g/mol. The summed E-state index contributed by atoms with van der Waals surface area (Å²) in [5, 5.41) is 18.1. The van der Waals surface area contributed by atoms with E-state index in [1.165, 1.54) is 0 Å². The zero-order valence-corrected chi connectivity index (χ0v) is 12.0. The van der Waals surface area contributed by atoms with Crippen molar-refractivity contribution in [2.24, 2.45) is 0 Å². The Morgan fingerprint density at radius 3 is 1.93 bits per heavy atom. The number of carboxylic acids is 1. The van der Waals surface area contributed by atoms with Crippen LogP contribution in [0, 0.1) is 0 Å². The molecule has 0 aromatic rings. The second-order valence-corrected chi connectivity index (χ2v) is 3.50. The van der Waals surface area contributed by atoms with Gasteiger partial charge in [-0.05, 0) is 12.8 Å². The molecule has 1 atom stereocenters. The van der Waals surface area contributed by atoms with Crippen LogP contribution >= 0.6 is 0 Å². The van der Waals surface area contributed by atoms with Crippen LogP contribution in [-0.4, -0.2) is 51.5 Å². The number of carbonyl (C=O) groups is 1. The van der Waals surface area contributed by atoms with Gasteiger partial charge in [-0.25, -0.2) is 0 Å². The number of rotatable bonds is 1. The van der Waals surface area contributed by atoms with Crippen molar-refractivity contribution in [3.05, 3.63) is 0 Å². The standard InChI is InChI=1S/C5H9NO3.K.H2O4S.H/c7-5(8)4-2-1-3-6(4)9;;1-5(2,3)4;/h4,9H,1-3H2,(H,7,8);;(H2,1,2,3,4);/q;+1;;-1. The van der Waals surface area contributed by atoms with Gasteiger partial charge in [-0.2, -0.15) is 13.5 Å². The van der Waals surface area contributed by atoms with Crippen molar-refractivity contribution < 1.29 is 85.4 Å². The van der Waals surface area contributed by atoms with Crippen LogP contribution in [0.1, 0.15) is 14.3 Å². The molecule has 0 saturated carbocycles. The van der Waals surface area contributed by atoms with Gasteiger partial charge < -0.3 is 11.7 Å². The maximum Gasteiger partial charge on any atom is 1.00 e. The first-order valence-electron chi connectivity index (χ1n) is 3.60. The third-order valence-corrected chi connectivity index (χ3v) is 1.51. The fraction of sp³-hybridized carbons (Fsp3) is 0.800. The van der Waals surface area contributed by atoms with Gasteiger partial charge in [0.05, 0.1) is 0 Å². The Labute approximate surface area is 131 Å². The summed E-state index contributed by atoms with van der Waals surface area (Å²) in [4.78, 5) is 10.2. The van der Waals surface area contributed by atoms with E-state index in [-0.39, 0.29) is 52.8 Å². The summed E-state index contributed by atoms with van der Waals surface area (Å²) < 4.78 is 31.6. The van der Waals surface area contributed by atoms with Crippen molar-refractivity contribution in [1.29, 1.82) is 0 Å². The van der Waals surface area contributed by atoms with Crippen LogP contribution in [0.3, 0.4) is 0 Å². The van der Waals surface area contributed by atoms with Crippen LogP contribution < -0.4 is 51.4 Å². The second kappa shape index (κ2) is 8.06. The van der Waals surface area contributed by atoms with E-state index in [1.54, 1.807) is 0 Å². The molecule has 86 valence electrons. The Kier molecular flexibility index (Phi) is 9.81. The van der Waals surface area contributed by atoms with Gasteiger partial charge in [0.1, 0.15) is 6.04 Å². The molecular weight excluding hydrogens is 257 g/mol. The van der Waals surface area contributed by atoms with Gasteiger partial charge in [-0.3, -0.25) is 13.9 Å². The van der Waals surface area contributed by atoms with Gasteiger partial charge in [-0.1, -0.05) is 0 Å². The maximum atomic E-state index is 10.2. The van der Waals surface area contributed by atoms with Crippen LogP contribution in [0.4, 0.5) is 0 Å². The van der Waals surface area contributed by atoms with E-state index in [1.807, 2.05) is 0 Å². The van der Waals surface area contributed by atoms with Crippen molar-refractivity contribution >= 4 is 16.4 Å². The smallest absolute Gasteiger partial charge is 1.00 e. The predicted octanol–water partition coefficient (Wildman–Crippen LogP) is -3.61. The SMILES string of the molecule is O=C(O)C1CCCN1O.O=S(=O)(O)O.[H-].[K+]. The van der Waals surface area contributed by atoms with E-state index in [0.717, 1.165) is 11.5 Å². The Hall–Kier alpha value is 0.896. The van der Waals surface area contributed by atoms with Gasteiger partial charge in [0.25, 0.3) is 0 Å². The Morgan fingerprint density at radius 1 is 1.40 bits per heavy atom.